The van der Waals surface area contributed by atoms with Crippen molar-refractivity contribution in [3.8, 4) is 11.5 Å². The molecule has 1 aliphatic carbocycles. The van der Waals surface area contributed by atoms with E-state index in [1.54, 1.807) is 12.4 Å². The molecule has 2 heterocycles. The summed E-state index contributed by atoms with van der Waals surface area (Å²) in [6.45, 7) is 1.80. The van der Waals surface area contributed by atoms with Crippen LogP contribution in [0.3, 0.4) is 0 Å². The molecule has 1 amide bonds. The lowest BCUT2D eigenvalue weighted by atomic mass is 10.1. The summed E-state index contributed by atoms with van der Waals surface area (Å²) >= 11 is 6.35. The molecule has 0 saturated heterocycles. The molecule has 1 aromatic heterocycles. The molecule has 0 unspecified atom stereocenters. The van der Waals surface area contributed by atoms with Gasteiger partial charge in [-0.3, -0.25) is 9.78 Å². The van der Waals surface area contributed by atoms with Gasteiger partial charge in [0, 0.05) is 31.4 Å². The average Bonchev–Trinajstić information content (AvgIpc) is 3.47. The van der Waals surface area contributed by atoms with Gasteiger partial charge < -0.3 is 14.4 Å². The third kappa shape index (κ3) is 3.93. The van der Waals surface area contributed by atoms with Crippen LogP contribution in [0.25, 0.3) is 0 Å². The van der Waals surface area contributed by atoms with Crippen LogP contribution in [0.15, 0.2) is 36.7 Å². The van der Waals surface area contributed by atoms with Gasteiger partial charge in [0.05, 0.1) is 24.7 Å². The molecular weight excluding hydrogens is 352 g/mol. The second-order valence-corrected chi connectivity index (χ2v) is 7.15. The summed E-state index contributed by atoms with van der Waals surface area (Å²) in [7, 11) is 0. The smallest absolute Gasteiger partial charge is 0.227 e. The SMILES string of the molecule is O=C(Cc1cc(Cl)c2c(c1)OCCCO2)N(Cc1ccncc1)C1CC1. The Morgan fingerprint density at radius 1 is 1.15 bits per heavy atom. The number of rotatable bonds is 5. The molecule has 2 aromatic rings. The van der Waals surface area contributed by atoms with Crippen molar-refractivity contribution in [1.29, 1.82) is 0 Å². The van der Waals surface area contributed by atoms with Crippen LogP contribution in [0, 0.1) is 0 Å². The topological polar surface area (TPSA) is 51.7 Å². The number of hydrogen-bond acceptors (Lipinski definition) is 4. The Bertz CT molecular complexity index is 793. The van der Waals surface area contributed by atoms with E-state index in [9.17, 15) is 4.79 Å². The van der Waals surface area contributed by atoms with Crippen LogP contribution in [-0.2, 0) is 17.8 Å². The molecule has 1 aromatic carbocycles. The molecule has 136 valence electrons. The van der Waals surface area contributed by atoms with Gasteiger partial charge in [0.15, 0.2) is 11.5 Å². The highest BCUT2D eigenvalue weighted by atomic mass is 35.5. The summed E-state index contributed by atoms with van der Waals surface area (Å²) in [5.74, 6) is 1.32. The molecule has 0 radical (unpaired) electrons. The highest BCUT2D eigenvalue weighted by Gasteiger charge is 2.32. The van der Waals surface area contributed by atoms with Gasteiger partial charge in [-0.15, -0.1) is 0 Å². The molecule has 2 aliphatic rings. The van der Waals surface area contributed by atoms with Gasteiger partial charge in [-0.1, -0.05) is 11.6 Å². The molecule has 5 nitrogen and oxygen atoms in total. The standard InChI is InChI=1S/C20H21ClN2O3/c21-17-10-15(11-18-20(17)26-9-1-8-25-18)12-19(24)23(16-2-3-16)13-14-4-6-22-7-5-14/h4-7,10-11,16H,1-3,8-9,12-13H2. The third-order valence-electron chi connectivity index (χ3n) is 4.63. The van der Waals surface area contributed by atoms with Gasteiger partial charge in [0.1, 0.15) is 0 Å². The Labute approximate surface area is 157 Å². The van der Waals surface area contributed by atoms with Crippen molar-refractivity contribution >= 4 is 17.5 Å². The highest BCUT2D eigenvalue weighted by Crippen LogP contribution is 2.38. The zero-order valence-electron chi connectivity index (χ0n) is 14.5. The van der Waals surface area contributed by atoms with Crippen LogP contribution in [0.1, 0.15) is 30.4 Å². The second-order valence-electron chi connectivity index (χ2n) is 6.74. The third-order valence-corrected chi connectivity index (χ3v) is 4.91. The molecule has 26 heavy (non-hydrogen) atoms. The first-order valence-corrected chi connectivity index (χ1v) is 9.35. The molecule has 1 aliphatic heterocycles. The lowest BCUT2D eigenvalue weighted by molar-refractivity contribution is -0.131. The number of ether oxygens (including phenoxy) is 2. The van der Waals surface area contributed by atoms with E-state index in [4.69, 9.17) is 21.1 Å². The van der Waals surface area contributed by atoms with Crippen LogP contribution in [0.4, 0.5) is 0 Å². The monoisotopic (exact) mass is 372 g/mol. The van der Waals surface area contributed by atoms with Crippen molar-refractivity contribution in [2.45, 2.75) is 38.3 Å². The molecule has 1 fully saturated rings. The molecule has 0 spiro atoms. The zero-order valence-corrected chi connectivity index (χ0v) is 15.2. The number of nitrogens with zero attached hydrogens (tertiary/aromatic N) is 2. The number of fused-ring (bicyclic) bond motifs is 1. The quantitative estimate of drug-likeness (QED) is 0.804. The second kappa shape index (κ2) is 7.54. The molecule has 1 saturated carbocycles. The number of carbonyl (C=O) groups is 1. The normalized spacial score (nSPS) is 16.0. The number of pyridine rings is 1. The Kier molecular flexibility index (Phi) is 4.98. The van der Waals surface area contributed by atoms with E-state index in [0.29, 0.717) is 48.7 Å². The Morgan fingerprint density at radius 3 is 2.69 bits per heavy atom. The van der Waals surface area contributed by atoms with Crippen molar-refractivity contribution in [2.75, 3.05) is 13.2 Å². The van der Waals surface area contributed by atoms with Gasteiger partial charge in [0.25, 0.3) is 0 Å². The molecule has 0 N–H and O–H groups in total. The summed E-state index contributed by atoms with van der Waals surface area (Å²) in [6.07, 6.45) is 6.78. The number of hydrogen-bond donors (Lipinski definition) is 0. The van der Waals surface area contributed by atoms with Crippen LogP contribution >= 0.6 is 11.6 Å². The van der Waals surface area contributed by atoms with E-state index in [2.05, 4.69) is 4.98 Å². The first-order chi connectivity index (χ1) is 12.7. The van der Waals surface area contributed by atoms with E-state index in [1.807, 2.05) is 29.2 Å². The Morgan fingerprint density at radius 2 is 1.92 bits per heavy atom. The molecule has 6 heteroatoms. The van der Waals surface area contributed by atoms with Crippen LogP contribution < -0.4 is 9.47 Å². The largest absolute Gasteiger partial charge is 0.489 e. The van der Waals surface area contributed by atoms with E-state index < -0.39 is 0 Å². The van der Waals surface area contributed by atoms with Crippen LogP contribution in [0.5, 0.6) is 11.5 Å². The van der Waals surface area contributed by atoms with Gasteiger partial charge in [-0.05, 0) is 48.2 Å². The van der Waals surface area contributed by atoms with Crippen molar-refractivity contribution in [2.24, 2.45) is 0 Å². The number of benzene rings is 1. The minimum Gasteiger partial charge on any atom is -0.489 e. The minimum absolute atomic E-state index is 0.106. The number of aromatic nitrogens is 1. The van der Waals surface area contributed by atoms with Gasteiger partial charge in [0.2, 0.25) is 5.91 Å². The maximum absolute atomic E-state index is 12.9. The summed E-state index contributed by atoms with van der Waals surface area (Å²) in [4.78, 5) is 18.9. The van der Waals surface area contributed by atoms with E-state index in [1.165, 1.54) is 0 Å². The van der Waals surface area contributed by atoms with E-state index in [-0.39, 0.29) is 5.91 Å². The van der Waals surface area contributed by atoms with Crippen molar-refractivity contribution in [3.63, 3.8) is 0 Å². The van der Waals surface area contributed by atoms with Crippen molar-refractivity contribution in [3.05, 3.63) is 52.8 Å². The highest BCUT2D eigenvalue weighted by molar-refractivity contribution is 6.32. The van der Waals surface area contributed by atoms with Gasteiger partial charge in [-0.2, -0.15) is 0 Å². The predicted octanol–water partition coefficient (Wildman–Crippen LogP) is 3.63. The van der Waals surface area contributed by atoms with Crippen LogP contribution in [0.2, 0.25) is 5.02 Å². The summed E-state index contributed by atoms with van der Waals surface area (Å²) in [6, 6.07) is 7.93. The summed E-state index contributed by atoms with van der Waals surface area (Å²) in [5, 5.41) is 0.499. The predicted molar refractivity (Wildman–Crippen MR) is 98.6 cm³/mol. The number of carbonyl (C=O) groups excluding carboxylic acids is 1. The fraction of sp³-hybridized carbons (Fsp3) is 0.400. The Hall–Kier alpha value is -2.27. The zero-order chi connectivity index (χ0) is 17.9. The molecular formula is C20H21ClN2O3. The average molecular weight is 373 g/mol. The Balaban J connectivity index is 1.51. The van der Waals surface area contributed by atoms with Crippen molar-refractivity contribution < 1.29 is 14.3 Å². The molecule has 4 rings (SSSR count). The van der Waals surface area contributed by atoms with Gasteiger partial charge in [-0.25, -0.2) is 0 Å². The molecule has 0 bridgehead atoms. The fourth-order valence-corrected chi connectivity index (χ4v) is 3.44. The summed E-state index contributed by atoms with van der Waals surface area (Å²) < 4.78 is 11.4. The van der Waals surface area contributed by atoms with Gasteiger partial charge >= 0.3 is 0 Å². The fourth-order valence-electron chi connectivity index (χ4n) is 3.15. The number of halogens is 1. The lowest BCUT2D eigenvalue weighted by Gasteiger charge is -2.23. The maximum atomic E-state index is 12.9. The minimum atomic E-state index is 0.106. The first kappa shape index (κ1) is 17.2. The first-order valence-electron chi connectivity index (χ1n) is 8.97. The van der Waals surface area contributed by atoms with E-state index in [0.717, 1.165) is 30.4 Å². The number of amides is 1. The summed E-state index contributed by atoms with van der Waals surface area (Å²) in [5.41, 5.74) is 1.95. The lowest BCUT2D eigenvalue weighted by Crippen LogP contribution is -2.33. The van der Waals surface area contributed by atoms with Crippen molar-refractivity contribution in [1.82, 2.24) is 9.88 Å². The molecule has 0 atom stereocenters. The van der Waals surface area contributed by atoms with E-state index >= 15 is 0 Å². The maximum Gasteiger partial charge on any atom is 0.227 e. The van der Waals surface area contributed by atoms with Crippen LogP contribution in [-0.4, -0.2) is 35.0 Å².